The van der Waals surface area contributed by atoms with Crippen molar-refractivity contribution in [1.29, 1.82) is 0 Å². The summed E-state index contributed by atoms with van der Waals surface area (Å²) in [6.07, 6.45) is 8.53. The Morgan fingerprint density at radius 1 is 0.871 bits per heavy atom. The first-order valence-electron chi connectivity index (χ1n) is 9.53. The van der Waals surface area contributed by atoms with Crippen LogP contribution in [0.1, 0.15) is 15.9 Å². The highest BCUT2D eigenvalue weighted by atomic mass is 16.5. The van der Waals surface area contributed by atoms with E-state index < -0.39 is 0 Å². The molecule has 0 aliphatic carbocycles. The van der Waals surface area contributed by atoms with E-state index in [0.29, 0.717) is 28.4 Å². The van der Waals surface area contributed by atoms with Crippen LogP contribution in [0.25, 0.3) is 16.8 Å². The standard InChI is InChI=1S/C24H21N3O4/c1-29-21-9-17(10-22(30-2)24(21)31-3)23(28)20-14-27(18-11-25-15-26-12-18)13-19(20)16-7-5-4-6-8-16/h4-15H,1-3H3. The number of ketones is 1. The highest BCUT2D eigenvalue weighted by molar-refractivity contribution is 6.13. The molecule has 0 saturated heterocycles. The lowest BCUT2D eigenvalue weighted by molar-refractivity contribution is 0.103. The molecule has 2 aromatic carbocycles. The van der Waals surface area contributed by atoms with Crippen LogP contribution in [0.5, 0.6) is 17.2 Å². The van der Waals surface area contributed by atoms with Crippen molar-refractivity contribution in [3.63, 3.8) is 0 Å². The summed E-state index contributed by atoms with van der Waals surface area (Å²) in [5.41, 5.74) is 3.43. The highest BCUT2D eigenvalue weighted by Crippen LogP contribution is 2.39. The average Bonchev–Trinajstić information content (AvgIpc) is 3.29. The van der Waals surface area contributed by atoms with Crippen molar-refractivity contribution in [2.45, 2.75) is 0 Å². The van der Waals surface area contributed by atoms with E-state index in [2.05, 4.69) is 9.97 Å². The summed E-state index contributed by atoms with van der Waals surface area (Å²) >= 11 is 0. The van der Waals surface area contributed by atoms with Gasteiger partial charge in [0.2, 0.25) is 5.75 Å². The van der Waals surface area contributed by atoms with Crippen LogP contribution in [0.2, 0.25) is 0 Å². The van der Waals surface area contributed by atoms with Gasteiger partial charge in [0.05, 0.1) is 39.4 Å². The first-order valence-corrected chi connectivity index (χ1v) is 9.53. The molecule has 156 valence electrons. The monoisotopic (exact) mass is 415 g/mol. The first-order chi connectivity index (χ1) is 15.2. The van der Waals surface area contributed by atoms with Gasteiger partial charge in [-0.2, -0.15) is 0 Å². The molecule has 0 aliphatic rings. The SMILES string of the molecule is COc1cc(C(=O)c2cn(-c3cncnc3)cc2-c2ccccc2)cc(OC)c1OC. The number of nitrogens with zero attached hydrogens (tertiary/aromatic N) is 3. The van der Waals surface area contributed by atoms with E-state index >= 15 is 0 Å². The summed E-state index contributed by atoms with van der Waals surface area (Å²) in [6, 6.07) is 13.0. The van der Waals surface area contributed by atoms with E-state index in [4.69, 9.17) is 14.2 Å². The van der Waals surface area contributed by atoms with E-state index in [1.807, 2.05) is 41.1 Å². The van der Waals surface area contributed by atoms with Crippen LogP contribution in [-0.2, 0) is 0 Å². The third-order valence-electron chi connectivity index (χ3n) is 4.93. The van der Waals surface area contributed by atoms with Crippen molar-refractivity contribution < 1.29 is 19.0 Å². The van der Waals surface area contributed by atoms with E-state index in [9.17, 15) is 4.79 Å². The number of hydrogen-bond donors (Lipinski definition) is 0. The molecule has 0 unspecified atom stereocenters. The second kappa shape index (κ2) is 8.71. The molecular weight excluding hydrogens is 394 g/mol. The number of methoxy groups -OCH3 is 3. The lowest BCUT2D eigenvalue weighted by Crippen LogP contribution is -2.04. The third kappa shape index (κ3) is 3.85. The summed E-state index contributed by atoms with van der Waals surface area (Å²) in [5, 5.41) is 0. The van der Waals surface area contributed by atoms with Gasteiger partial charge in [-0.1, -0.05) is 30.3 Å². The zero-order chi connectivity index (χ0) is 21.8. The maximum Gasteiger partial charge on any atom is 0.203 e. The predicted molar refractivity (Wildman–Crippen MR) is 116 cm³/mol. The molecular formula is C24H21N3O4. The van der Waals surface area contributed by atoms with Crippen LogP contribution in [0, 0.1) is 0 Å². The molecule has 0 saturated carbocycles. The molecule has 0 atom stereocenters. The molecule has 0 N–H and O–H groups in total. The van der Waals surface area contributed by atoms with Crippen LogP contribution >= 0.6 is 0 Å². The molecule has 0 fully saturated rings. The maximum atomic E-state index is 13.6. The minimum atomic E-state index is -0.172. The van der Waals surface area contributed by atoms with Crippen molar-refractivity contribution in [2.75, 3.05) is 21.3 Å². The molecule has 4 aromatic rings. The topological polar surface area (TPSA) is 75.5 Å². The predicted octanol–water partition coefficient (Wildman–Crippen LogP) is 4.19. The minimum Gasteiger partial charge on any atom is -0.493 e. The van der Waals surface area contributed by atoms with Crippen molar-refractivity contribution >= 4 is 5.78 Å². The van der Waals surface area contributed by atoms with Gasteiger partial charge in [-0.15, -0.1) is 0 Å². The summed E-state index contributed by atoms with van der Waals surface area (Å²) in [6.45, 7) is 0. The van der Waals surface area contributed by atoms with Gasteiger partial charge in [0.15, 0.2) is 17.3 Å². The molecule has 4 rings (SSSR count). The van der Waals surface area contributed by atoms with Gasteiger partial charge in [-0.25, -0.2) is 9.97 Å². The average molecular weight is 415 g/mol. The summed E-state index contributed by atoms with van der Waals surface area (Å²) in [7, 11) is 4.57. The molecule has 7 heteroatoms. The molecule has 0 spiro atoms. The van der Waals surface area contributed by atoms with Crippen LogP contribution in [0.3, 0.4) is 0 Å². The number of rotatable bonds is 7. The number of benzene rings is 2. The van der Waals surface area contributed by atoms with Gasteiger partial charge in [0.1, 0.15) is 6.33 Å². The molecule has 0 radical (unpaired) electrons. The van der Waals surface area contributed by atoms with Gasteiger partial charge in [0, 0.05) is 29.1 Å². The normalized spacial score (nSPS) is 10.5. The second-order valence-electron chi connectivity index (χ2n) is 6.70. The fourth-order valence-electron chi connectivity index (χ4n) is 3.42. The van der Waals surface area contributed by atoms with E-state index in [0.717, 1.165) is 16.8 Å². The number of ether oxygens (including phenoxy) is 3. The fraction of sp³-hybridized carbons (Fsp3) is 0.125. The number of aromatic nitrogens is 3. The smallest absolute Gasteiger partial charge is 0.203 e. The lowest BCUT2D eigenvalue weighted by atomic mass is 9.97. The zero-order valence-corrected chi connectivity index (χ0v) is 17.4. The number of carbonyl (C=O) groups excluding carboxylic acids is 1. The van der Waals surface area contributed by atoms with E-state index in [-0.39, 0.29) is 5.78 Å². The zero-order valence-electron chi connectivity index (χ0n) is 17.4. The fourth-order valence-corrected chi connectivity index (χ4v) is 3.42. The van der Waals surface area contributed by atoms with Crippen molar-refractivity contribution in [3.05, 3.63) is 84.7 Å². The van der Waals surface area contributed by atoms with E-state index in [1.54, 1.807) is 30.7 Å². The van der Waals surface area contributed by atoms with Crippen LogP contribution < -0.4 is 14.2 Å². The van der Waals surface area contributed by atoms with Gasteiger partial charge >= 0.3 is 0 Å². The van der Waals surface area contributed by atoms with E-state index in [1.165, 1.54) is 27.7 Å². The Hall–Kier alpha value is -4.13. The number of hydrogen-bond acceptors (Lipinski definition) is 6. The van der Waals surface area contributed by atoms with Gasteiger partial charge in [-0.05, 0) is 17.7 Å². The van der Waals surface area contributed by atoms with Crippen molar-refractivity contribution in [3.8, 4) is 34.1 Å². The molecule has 0 aliphatic heterocycles. The maximum absolute atomic E-state index is 13.6. The minimum absolute atomic E-state index is 0.172. The molecule has 0 bridgehead atoms. The molecule has 2 aromatic heterocycles. The first kappa shape index (κ1) is 20.2. The Morgan fingerprint density at radius 3 is 2.10 bits per heavy atom. The Labute approximate surface area is 179 Å². The number of carbonyl (C=O) groups is 1. The summed E-state index contributed by atoms with van der Waals surface area (Å²) in [5.74, 6) is 1.10. The highest BCUT2D eigenvalue weighted by Gasteiger charge is 2.22. The van der Waals surface area contributed by atoms with Gasteiger partial charge in [-0.3, -0.25) is 4.79 Å². The Bertz CT molecular complexity index is 1180. The third-order valence-corrected chi connectivity index (χ3v) is 4.93. The summed E-state index contributed by atoms with van der Waals surface area (Å²) in [4.78, 5) is 21.8. The van der Waals surface area contributed by atoms with Crippen LogP contribution in [-0.4, -0.2) is 41.6 Å². The largest absolute Gasteiger partial charge is 0.493 e. The molecule has 2 heterocycles. The molecule has 7 nitrogen and oxygen atoms in total. The summed E-state index contributed by atoms with van der Waals surface area (Å²) < 4.78 is 18.0. The second-order valence-corrected chi connectivity index (χ2v) is 6.70. The van der Waals surface area contributed by atoms with Crippen LogP contribution in [0.4, 0.5) is 0 Å². The Morgan fingerprint density at radius 2 is 1.52 bits per heavy atom. The van der Waals surface area contributed by atoms with Gasteiger partial charge < -0.3 is 18.8 Å². The molecule has 0 amide bonds. The quantitative estimate of drug-likeness (QED) is 0.421. The van der Waals surface area contributed by atoms with Crippen LogP contribution in [0.15, 0.2) is 73.6 Å². The lowest BCUT2D eigenvalue weighted by Gasteiger charge is -2.14. The molecule has 31 heavy (non-hydrogen) atoms. The Balaban J connectivity index is 1.87. The van der Waals surface area contributed by atoms with Gasteiger partial charge in [0.25, 0.3) is 0 Å². The van der Waals surface area contributed by atoms with Crippen molar-refractivity contribution in [2.24, 2.45) is 0 Å². The Kier molecular flexibility index (Phi) is 5.66. The van der Waals surface area contributed by atoms with Crippen molar-refractivity contribution in [1.82, 2.24) is 14.5 Å².